The summed E-state index contributed by atoms with van der Waals surface area (Å²) in [7, 11) is 3.18. The highest BCUT2D eigenvalue weighted by Gasteiger charge is 2.26. The van der Waals surface area contributed by atoms with Crippen LogP contribution in [-0.4, -0.2) is 37.5 Å². The molecule has 0 radical (unpaired) electrons. The minimum atomic E-state index is -0.583. The molecule has 1 heterocycles. The molecule has 3 rings (SSSR count). The number of fused-ring (bicyclic) bond motifs is 1. The van der Waals surface area contributed by atoms with Crippen LogP contribution in [0.4, 0.5) is 0 Å². The summed E-state index contributed by atoms with van der Waals surface area (Å²) in [5.41, 5.74) is 4.16. The lowest BCUT2D eigenvalue weighted by atomic mass is 9.98. The lowest BCUT2D eigenvalue weighted by molar-refractivity contribution is -0.146. The van der Waals surface area contributed by atoms with E-state index in [9.17, 15) is 9.59 Å². The summed E-state index contributed by atoms with van der Waals surface area (Å²) in [6.45, 7) is 3.21. The second-order valence-electron chi connectivity index (χ2n) is 6.62. The van der Waals surface area contributed by atoms with Gasteiger partial charge in [-0.05, 0) is 42.2 Å². The molecule has 27 heavy (non-hydrogen) atoms. The Balaban J connectivity index is 1.65. The molecule has 0 unspecified atom stereocenters. The highest BCUT2D eigenvalue weighted by atomic mass is 16.5. The fourth-order valence-electron chi connectivity index (χ4n) is 3.28. The van der Waals surface area contributed by atoms with Crippen LogP contribution in [0.3, 0.4) is 0 Å². The maximum absolute atomic E-state index is 12.5. The summed E-state index contributed by atoms with van der Waals surface area (Å²) in [4.78, 5) is 26.4. The predicted octanol–water partition coefficient (Wildman–Crippen LogP) is 2.21. The number of carbonyl (C=O) groups is 2. The first-order valence-corrected chi connectivity index (χ1v) is 8.88. The van der Waals surface area contributed by atoms with Gasteiger partial charge in [0.25, 0.3) is 0 Å². The molecule has 2 aromatic rings. The number of rotatable bonds is 4. The molecule has 0 saturated carbocycles. The van der Waals surface area contributed by atoms with Gasteiger partial charge in [0.1, 0.15) is 0 Å². The van der Waals surface area contributed by atoms with Crippen molar-refractivity contribution in [3.05, 3.63) is 58.7 Å². The Morgan fingerprint density at radius 3 is 2.44 bits per heavy atom. The Kier molecular flexibility index (Phi) is 5.64. The highest BCUT2D eigenvalue weighted by molar-refractivity contribution is 6.34. The van der Waals surface area contributed by atoms with E-state index in [0.717, 1.165) is 22.3 Å². The van der Waals surface area contributed by atoms with Gasteiger partial charge < -0.3 is 19.7 Å². The molecule has 0 atom stereocenters. The van der Waals surface area contributed by atoms with Crippen molar-refractivity contribution in [1.29, 1.82) is 0 Å². The number of hydrogen-bond acceptors (Lipinski definition) is 4. The molecule has 1 aliphatic heterocycles. The van der Waals surface area contributed by atoms with Crippen LogP contribution in [0.25, 0.3) is 0 Å². The van der Waals surface area contributed by atoms with Crippen LogP contribution in [0.5, 0.6) is 11.5 Å². The topological polar surface area (TPSA) is 67.9 Å². The monoisotopic (exact) mass is 368 g/mol. The summed E-state index contributed by atoms with van der Waals surface area (Å²) in [5.74, 6) is 0.199. The summed E-state index contributed by atoms with van der Waals surface area (Å²) >= 11 is 0. The van der Waals surface area contributed by atoms with Gasteiger partial charge in [0.15, 0.2) is 11.5 Å². The quantitative estimate of drug-likeness (QED) is 0.841. The lowest BCUT2D eigenvalue weighted by Crippen LogP contribution is -2.44. The number of benzene rings is 2. The maximum atomic E-state index is 12.5. The van der Waals surface area contributed by atoms with E-state index in [-0.39, 0.29) is 0 Å². The molecule has 1 aliphatic rings. The molecule has 1 N–H and O–H groups in total. The third kappa shape index (κ3) is 4.22. The first kappa shape index (κ1) is 18.8. The molecular formula is C21H24N2O4. The third-order valence-electron chi connectivity index (χ3n) is 4.74. The average molecular weight is 368 g/mol. The van der Waals surface area contributed by atoms with Crippen LogP contribution in [0, 0.1) is 6.92 Å². The standard InChI is InChI=1S/C21H24N2O4/c1-14-5-4-6-15(9-14)12-22-20(24)21(25)23-8-7-16-10-18(26-2)19(27-3)11-17(16)13-23/h4-6,9-11H,7-8,12-13H2,1-3H3,(H,22,24). The van der Waals surface area contributed by atoms with E-state index in [2.05, 4.69) is 5.32 Å². The van der Waals surface area contributed by atoms with Crippen molar-refractivity contribution in [1.82, 2.24) is 10.2 Å². The maximum Gasteiger partial charge on any atom is 0.312 e. The number of methoxy groups -OCH3 is 2. The van der Waals surface area contributed by atoms with E-state index < -0.39 is 11.8 Å². The molecule has 0 saturated heterocycles. The van der Waals surface area contributed by atoms with Crippen LogP contribution in [-0.2, 0) is 29.1 Å². The molecule has 0 fully saturated rings. The fraction of sp³-hybridized carbons (Fsp3) is 0.333. The second-order valence-corrected chi connectivity index (χ2v) is 6.62. The summed E-state index contributed by atoms with van der Waals surface area (Å²) in [6.07, 6.45) is 0.673. The zero-order valence-corrected chi connectivity index (χ0v) is 15.9. The van der Waals surface area contributed by atoms with E-state index in [1.165, 1.54) is 0 Å². The number of hydrogen-bond donors (Lipinski definition) is 1. The van der Waals surface area contributed by atoms with E-state index >= 15 is 0 Å². The van der Waals surface area contributed by atoms with Crippen LogP contribution >= 0.6 is 0 Å². The Morgan fingerprint density at radius 2 is 1.78 bits per heavy atom. The SMILES string of the molecule is COc1cc2c(cc1OC)CN(C(=O)C(=O)NCc1cccc(C)c1)CC2. The summed E-state index contributed by atoms with van der Waals surface area (Å²) in [6, 6.07) is 11.6. The Labute approximate surface area is 159 Å². The largest absolute Gasteiger partial charge is 0.493 e. The van der Waals surface area contributed by atoms with E-state index in [0.29, 0.717) is 37.6 Å². The number of ether oxygens (including phenoxy) is 2. The Hall–Kier alpha value is -3.02. The van der Waals surface area contributed by atoms with Gasteiger partial charge in [0.2, 0.25) is 0 Å². The molecule has 0 spiro atoms. The van der Waals surface area contributed by atoms with Crippen LogP contribution < -0.4 is 14.8 Å². The molecule has 142 valence electrons. The second kappa shape index (κ2) is 8.12. The first-order chi connectivity index (χ1) is 13.0. The minimum Gasteiger partial charge on any atom is -0.493 e. The molecule has 6 nitrogen and oxygen atoms in total. The van der Waals surface area contributed by atoms with Gasteiger partial charge in [0, 0.05) is 19.6 Å². The summed E-state index contributed by atoms with van der Waals surface area (Å²) < 4.78 is 10.7. The lowest BCUT2D eigenvalue weighted by Gasteiger charge is -2.29. The molecule has 2 amide bonds. The number of nitrogens with zero attached hydrogens (tertiary/aromatic N) is 1. The van der Waals surface area contributed by atoms with Crippen molar-refractivity contribution in [2.24, 2.45) is 0 Å². The number of aryl methyl sites for hydroxylation is 1. The smallest absolute Gasteiger partial charge is 0.312 e. The zero-order chi connectivity index (χ0) is 19.4. The van der Waals surface area contributed by atoms with Crippen molar-refractivity contribution in [2.45, 2.75) is 26.4 Å². The minimum absolute atomic E-state index is 0.335. The normalized spacial score (nSPS) is 12.9. The van der Waals surface area contributed by atoms with Gasteiger partial charge >= 0.3 is 11.8 Å². The van der Waals surface area contributed by atoms with Crippen LogP contribution in [0.15, 0.2) is 36.4 Å². The number of nitrogens with one attached hydrogen (secondary N) is 1. The average Bonchev–Trinajstić information content (AvgIpc) is 2.69. The summed E-state index contributed by atoms with van der Waals surface area (Å²) in [5, 5.41) is 2.71. The van der Waals surface area contributed by atoms with Gasteiger partial charge in [-0.1, -0.05) is 29.8 Å². The van der Waals surface area contributed by atoms with Crippen molar-refractivity contribution in [3.8, 4) is 11.5 Å². The van der Waals surface area contributed by atoms with Crippen molar-refractivity contribution in [2.75, 3.05) is 20.8 Å². The van der Waals surface area contributed by atoms with Gasteiger partial charge in [-0.25, -0.2) is 0 Å². The molecule has 6 heteroatoms. The Bertz CT molecular complexity index is 863. The zero-order valence-electron chi connectivity index (χ0n) is 15.9. The van der Waals surface area contributed by atoms with Gasteiger partial charge in [0.05, 0.1) is 14.2 Å². The Morgan fingerprint density at radius 1 is 1.07 bits per heavy atom. The molecule has 0 bridgehead atoms. The van der Waals surface area contributed by atoms with Gasteiger partial charge in [-0.3, -0.25) is 9.59 Å². The van der Waals surface area contributed by atoms with E-state index in [1.54, 1.807) is 19.1 Å². The van der Waals surface area contributed by atoms with Crippen molar-refractivity contribution in [3.63, 3.8) is 0 Å². The highest BCUT2D eigenvalue weighted by Crippen LogP contribution is 2.33. The molecule has 0 aromatic heterocycles. The first-order valence-electron chi connectivity index (χ1n) is 8.88. The van der Waals surface area contributed by atoms with Crippen molar-refractivity contribution < 1.29 is 19.1 Å². The third-order valence-corrected chi connectivity index (χ3v) is 4.74. The molecule has 0 aliphatic carbocycles. The van der Waals surface area contributed by atoms with Gasteiger partial charge in [-0.2, -0.15) is 0 Å². The van der Waals surface area contributed by atoms with Gasteiger partial charge in [-0.15, -0.1) is 0 Å². The van der Waals surface area contributed by atoms with E-state index in [4.69, 9.17) is 9.47 Å². The fourth-order valence-corrected chi connectivity index (χ4v) is 3.28. The van der Waals surface area contributed by atoms with E-state index in [1.807, 2.05) is 43.3 Å². The number of amides is 2. The van der Waals surface area contributed by atoms with Crippen LogP contribution in [0.1, 0.15) is 22.3 Å². The van der Waals surface area contributed by atoms with Crippen molar-refractivity contribution >= 4 is 11.8 Å². The number of carbonyl (C=O) groups excluding carboxylic acids is 2. The molecule has 2 aromatic carbocycles. The van der Waals surface area contributed by atoms with Crippen LogP contribution in [0.2, 0.25) is 0 Å². The molecular weight excluding hydrogens is 344 g/mol. The predicted molar refractivity (Wildman–Crippen MR) is 102 cm³/mol.